The van der Waals surface area contributed by atoms with Crippen LogP contribution in [0.1, 0.15) is 52.3 Å². The van der Waals surface area contributed by atoms with Crippen LogP contribution in [0.15, 0.2) is 59.1 Å². The number of rotatable bonds is 6. The number of carbonyl (C=O) groups excluding carboxylic acids is 1. The molecule has 0 spiro atoms. The molecule has 0 N–H and O–H groups in total. The lowest BCUT2D eigenvalue weighted by Gasteiger charge is -2.13. The molecule has 0 bridgehead atoms. The highest BCUT2D eigenvalue weighted by molar-refractivity contribution is 5.89. The molecule has 2 aromatic carbocycles. The maximum absolute atomic E-state index is 13.8. The van der Waals surface area contributed by atoms with Gasteiger partial charge in [-0.25, -0.2) is 18.3 Å². The minimum absolute atomic E-state index is 0.0645. The Labute approximate surface area is 188 Å². The molecule has 0 aliphatic heterocycles. The molecule has 4 aromatic rings. The Balaban J connectivity index is 1.53. The average molecular weight is 450 g/mol. The summed E-state index contributed by atoms with van der Waals surface area (Å²) < 4.78 is 38.9. The van der Waals surface area contributed by atoms with Crippen LogP contribution in [0.4, 0.5) is 8.78 Å². The Morgan fingerprint density at radius 1 is 1.15 bits per heavy atom. The third-order valence-electron chi connectivity index (χ3n) is 5.96. The van der Waals surface area contributed by atoms with Gasteiger partial charge in [-0.3, -0.25) is 0 Å². The van der Waals surface area contributed by atoms with Crippen molar-refractivity contribution in [2.75, 3.05) is 7.11 Å². The highest BCUT2D eigenvalue weighted by Crippen LogP contribution is 2.53. The zero-order valence-electron chi connectivity index (χ0n) is 18.0. The van der Waals surface area contributed by atoms with Crippen molar-refractivity contribution < 1.29 is 22.8 Å². The van der Waals surface area contributed by atoms with Crippen LogP contribution in [0.3, 0.4) is 0 Å². The quantitative estimate of drug-likeness (QED) is 0.383. The third-order valence-corrected chi connectivity index (χ3v) is 5.96. The first-order chi connectivity index (χ1) is 15.9. The Kier molecular flexibility index (Phi) is 5.03. The van der Waals surface area contributed by atoms with Gasteiger partial charge in [0.1, 0.15) is 5.69 Å². The lowest BCUT2D eigenvalue weighted by atomic mass is 9.91. The fourth-order valence-corrected chi connectivity index (χ4v) is 4.11. The molecule has 2 heterocycles. The molecule has 0 radical (unpaired) electrons. The second kappa shape index (κ2) is 7.91. The number of hydrogen-bond acceptors (Lipinski definition) is 6. The zero-order chi connectivity index (χ0) is 23.2. The molecule has 7 nitrogen and oxygen atoms in total. The molecule has 0 unspecified atom stereocenters. The summed E-state index contributed by atoms with van der Waals surface area (Å²) in [5.41, 5.74) is 2.24. The van der Waals surface area contributed by atoms with E-state index in [9.17, 15) is 13.6 Å². The molecular formula is C24H20F2N4O3. The number of nitrogens with zero attached hydrogens (tertiary/aromatic N) is 4. The van der Waals surface area contributed by atoms with E-state index < -0.39 is 12.4 Å². The number of aromatic nitrogens is 4. The van der Waals surface area contributed by atoms with Gasteiger partial charge in [0.2, 0.25) is 0 Å². The smallest absolute Gasteiger partial charge is 0.337 e. The van der Waals surface area contributed by atoms with E-state index in [1.807, 2.05) is 25.1 Å². The molecule has 5 rings (SSSR count). The van der Waals surface area contributed by atoms with Gasteiger partial charge in [-0.2, -0.15) is 10.1 Å². The number of aryl methyl sites for hydroxylation is 1. The van der Waals surface area contributed by atoms with Crippen molar-refractivity contribution in [3.05, 3.63) is 82.8 Å². The molecule has 1 aliphatic carbocycles. The predicted octanol–water partition coefficient (Wildman–Crippen LogP) is 5.03. The van der Waals surface area contributed by atoms with E-state index in [1.165, 1.54) is 25.3 Å². The van der Waals surface area contributed by atoms with Crippen molar-refractivity contribution in [1.82, 2.24) is 19.9 Å². The van der Waals surface area contributed by atoms with Crippen LogP contribution in [0.2, 0.25) is 0 Å². The number of esters is 1. The molecule has 2 aromatic heterocycles. The minimum atomic E-state index is -2.81. The van der Waals surface area contributed by atoms with Crippen molar-refractivity contribution in [1.29, 1.82) is 0 Å². The van der Waals surface area contributed by atoms with Crippen LogP contribution in [-0.4, -0.2) is 33.0 Å². The van der Waals surface area contributed by atoms with Crippen LogP contribution in [-0.2, 0) is 10.2 Å². The summed E-state index contributed by atoms with van der Waals surface area (Å²) in [5, 5.41) is 8.46. The first-order valence-corrected chi connectivity index (χ1v) is 10.4. The SMILES string of the molecule is COC(=O)c1cccc(-n2nc(-c3nc(C4(c5ccccc5C)CC4)no3)cc2C(F)F)c1. The maximum atomic E-state index is 13.8. The van der Waals surface area contributed by atoms with Gasteiger partial charge in [0, 0.05) is 0 Å². The topological polar surface area (TPSA) is 83.0 Å². The van der Waals surface area contributed by atoms with Gasteiger partial charge < -0.3 is 9.26 Å². The minimum Gasteiger partial charge on any atom is -0.465 e. The average Bonchev–Trinajstić information content (AvgIpc) is 3.26. The van der Waals surface area contributed by atoms with Crippen LogP contribution in [0, 0.1) is 6.92 Å². The van der Waals surface area contributed by atoms with Crippen LogP contribution >= 0.6 is 0 Å². The Morgan fingerprint density at radius 3 is 2.64 bits per heavy atom. The molecule has 0 atom stereocenters. The summed E-state index contributed by atoms with van der Waals surface area (Å²) in [6.45, 7) is 2.04. The second-order valence-electron chi connectivity index (χ2n) is 8.03. The molecule has 1 fully saturated rings. The summed E-state index contributed by atoms with van der Waals surface area (Å²) in [6.07, 6.45) is -1.04. The fourth-order valence-electron chi connectivity index (χ4n) is 4.11. The predicted molar refractivity (Wildman–Crippen MR) is 114 cm³/mol. The van der Waals surface area contributed by atoms with E-state index in [2.05, 4.69) is 21.3 Å². The largest absolute Gasteiger partial charge is 0.465 e. The van der Waals surface area contributed by atoms with Gasteiger partial charge in [-0.15, -0.1) is 0 Å². The van der Waals surface area contributed by atoms with Gasteiger partial charge in [0.25, 0.3) is 12.3 Å². The van der Waals surface area contributed by atoms with E-state index in [-0.39, 0.29) is 33.9 Å². The fraction of sp³-hybridized carbons (Fsp3) is 0.250. The summed E-state index contributed by atoms with van der Waals surface area (Å²) in [6, 6.07) is 15.4. The van der Waals surface area contributed by atoms with Crippen molar-refractivity contribution in [3.63, 3.8) is 0 Å². The molecule has 9 heteroatoms. The van der Waals surface area contributed by atoms with Gasteiger partial charge in [-0.1, -0.05) is 35.5 Å². The molecule has 33 heavy (non-hydrogen) atoms. The third kappa shape index (κ3) is 3.59. The number of carbonyl (C=O) groups is 1. The van der Waals surface area contributed by atoms with Crippen LogP contribution in [0.25, 0.3) is 17.3 Å². The van der Waals surface area contributed by atoms with E-state index in [0.717, 1.165) is 28.7 Å². The number of methoxy groups -OCH3 is 1. The summed E-state index contributed by atoms with van der Waals surface area (Å²) >= 11 is 0. The van der Waals surface area contributed by atoms with Crippen molar-refractivity contribution in [3.8, 4) is 17.3 Å². The van der Waals surface area contributed by atoms with Gasteiger partial charge in [-0.05, 0) is 55.2 Å². The second-order valence-corrected chi connectivity index (χ2v) is 8.03. The number of alkyl halides is 2. The molecule has 0 amide bonds. The van der Waals surface area contributed by atoms with Gasteiger partial charge >= 0.3 is 5.97 Å². The van der Waals surface area contributed by atoms with E-state index in [1.54, 1.807) is 12.1 Å². The Hall–Kier alpha value is -3.88. The molecule has 0 saturated heterocycles. The molecule has 1 aliphatic rings. The van der Waals surface area contributed by atoms with E-state index in [0.29, 0.717) is 5.82 Å². The molecular weight excluding hydrogens is 430 g/mol. The normalized spacial score (nSPS) is 14.5. The van der Waals surface area contributed by atoms with Gasteiger partial charge in [0.05, 0.1) is 23.8 Å². The van der Waals surface area contributed by atoms with E-state index >= 15 is 0 Å². The van der Waals surface area contributed by atoms with Crippen LogP contribution in [0.5, 0.6) is 0 Å². The highest BCUT2D eigenvalue weighted by atomic mass is 19.3. The van der Waals surface area contributed by atoms with Crippen molar-refractivity contribution in [2.24, 2.45) is 0 Å². The Morgan fingerprint density at radius 2 is 1.94 bits per heavy atom. The first kappa shape index (κ1) is 21.0. The van der Waals surface area contributed by atoms with Crippen LogP contribution < -0.4 is 0 Å². The number of halogens is 2. The van der Waals surface area contributed by atoms with E-state index in [4.69, 9.17) is 9.26 Å². The highest BCUT2D eigenvalue weighted by Gasteiger charge is 2.50. The lowest BCUT2D eigenvalue weighted by Crippen LogP contribution is -2.12. The summed E-state index contributed by atoms with van der Waals surface area (Å²) in [5.74, 6) is 0.0116. The maximum Gasteiger partial charge on any atom is 0.337 e. The van der Waals surface area contributed by atoms with Crippen molar-refractivity contribution in [2.45, 2.75) is 31.6 Å². The zero-order valence-corrected chi connectivity index (χ0v) is 18.0. The van der Waals surface area contributed by atoms with Crippen molar-refractivity contribution >= 4 is 5.97 Å². The molecule has 1 saturated carbocycles. The first-order valence-electron chi connectivity index (χ1n) is 10.4. The monoisotopic (exact) mass is 450 g/mol. The Bertz CT molecular complexity index is 1340. The summed E-state index contributed by atoms with van der Waals surface area (Å²) in [7, 11) is 1.25. The number of hydrogen-bond donors (Lipinski definition) is 0. The molecule has 168 valence electrons. The lowest BCUT2D eigenvalue weighted by molar-refractivity contribution is 0.0600. The number of benzene rings is 2. The van der Waals surface area contributed by atoms with Gasteiger partial charge in [0.15, 0.2) is 11.5 Å². The number of ether oxygens (including phenoxy) is 1. The standard InChI is InChI=1S/C24H20F2N4O3/c1-14-6-3-4-9-17(14)24(10-11-24)23-27-21(33-29-23)18-13-19(20(25)26)30(28-18)16-8-5-7-15(12-16)22(31)32-2/h3-9,12-13,20H,10-11H2,1-2H3. The summed E-state index contributed by atoms with van der Waals surface area (Å²) in [4.78, 5) is 16.4.